The second-order valence-corrected chi connectivity index (χ2v) is 8.21. The molecule has 7 nitrogen and oxygen atoms in total. The van der Waals surface area contributed by atoms with Crippen molar-refractivity contribution in [3.05, 3.63) is 48.0 Å². The quantitative estimate of drug-likeness (QED) is 0.848. The average Bonchev–Trinajstić information content (AvgIpc) is 3.15. The molecule has 0 unspecified atom stereocenters. The van der Waals surface area contributed by atoms with Crippen molar-refractivity contribution in [1.82, 2.24) is 4.90 Å². The first-order valence-electron chi connectivity index (χ1n) is 8.68. The zero-order chi connectivity index (χ0) is 19.6. The third kappa shape index (κ3) is 4.23. The van der Waals surface area contributed by atoms with E-state index in [0.29, 0.717) is 11.4 Å². The highest BCUT2D eigenvalue weighted by molar-refractivity contribution is 7.89. The zero-order valence-corrected chi connectivity index (χ0v) is 16.2. The maximum atomic E-state index is 12.5. The molecular weight excluding hydrogens is 366 g/mol. The summed E-state index contributed by atoms with van der Waals surface area (Å²) >= 11 is 0. The number of sulfonamides is 1. The molecule has 0 saturated carbocycles. The fourth-order valence-corrected chi connectivity index (χ4v) is 3.78. The fraction of sp³-hybridized carbons (Fsp3) is 0.316. The summed E-state index contributed by atoms with van der Waals surface area (Å²) in [6.07, 6.45) is 1.97. The number of primary sulfonamides is 1. The van der Waals surface area contributed by atoms with Crippen molar-refractivity contribution in [1.29, 1.82) is 0 Å². The smallest absolute Gasteiger partial charge is 0.253 e. The van der Waals surface area contributed by atoms with E-state index in [-0.39, 0.29) is 22.1 Å². The van der Waals surface area contributed by atoms with Gasteiger partial charge in [0.2, 0.25) is 10.0 Å². The molecule has 2 aromatic rings. The SMILES string of the molecule is CN(C)C(=O)c1cc(N2CCCC2)c(Oc2ccccc2)c(S(N)(=O)=O)c1. The van der Waals surface area contributed by atoms with E-state index in [2.05, 4.69) is 0 Å². The Morgan fingerprint density at radius 3 is 2.30 bits per heavy atom. The van der Waals surface area contributed by atoms with E-state index in [1.807, 2.05) is 11.0 Å². The van der Waals surface area contributed by atoms with E-state index in [9.17, 15) is 13.2 Å². The Kier molecular flexibility index (Phi) is 5.38. The number of hydrogen-bond donors (Lipinski definition) is 1. The number of nitrogens with zero attached hydrogens (tertiary/aromatic N) is 2. The summed E-state index contributed by atoms with van der Waals surface area (Å²) in [6, 6.07) is 11.9. The van der Waals surface area contributed by atoms with Crippen LogP contribution in [0.25, 0.3) is 0 Å². The first kappa shape index (κ1) is 19.2. The lowest BCUT2D eigenvalue weighted by molar-refractivity contribution is 0.0827. The van der Waals surface area contributed by atoms with Crippen molar-refractivity contribution >= 4 is 21.6 Å². The topological polar surface area (TPSA) is 92.9 Å². The molecule has 0 aliphatic carbocycles. The van der Waals surface area contributed by atoms with E-state index in [4.69, 9.17) is 9.88 Å². The lowest BCUT2D eigenvalue weighted by atomic mass is 10.1. The number of hydrogen-bond acceptors (Lipinski definition) is 5. The van der Waals surface area contributed by atoms with Gasteiger partial charge in [-0.15, -0.1) is 0 Å². The number of para-hydroxylation sites is 1. The number of anilines is 1. The lowest BCUT2D eigenvalue weighted by Gasteiger charge is -2.24. The maximum Gasteiger partial charge on any atom is 0.253 e. The predicted octanol–water partition coefficient (Wildman–Crippen LogP) is 2.43. The number of amides is 1. The standard InChI is InChI=1S/C19H23N3O4S/c1-21(2)19(23)14-12-16(22-10-6-7-11-22)18(17(13-14)27(20,24)25)26-15-8-4-3-5-9-15/h3-5,8-9,12-13H,6-7,10-11H2,1-2H3,(H2,20,24,25). The van der Waals surface area contributed by atoms with Crippen LogP contribution in [-0.2, 0) is 10.0 Å². The molecule has 0 bridgehead atoms. The predicted molar refractivity (Wildman–Crippen MR) is 104 cm³/mol. The highest BCUT2D eigenvalue weighted by Crippen LogP contribution is 2.40. The first-order chi connectivity index (χ1) is 12.8. The van der Waals surface area contributed by atoms with Gasteiger partial charge in [0.15, 0.2) is 5.75 Å². The van der Waals surface area contributed by atoms with Crippen molar-refractivity contribution < 1.29 is 17.9 Å². The number of ether oxygens (including phenoxy) is 1. The van der Waals surface area contributed by atoms with Gasteiger partial charge in [-0.3, -0.25) is 4.79 Å². The van der Waals surface area contributed by atoms with Gasteiger partial charge in [-0.05, 0) is 37.1 Å². The summed E-state index contributed by atoms with van der Waals surface area (Å²) < 4.78 is 30.6. The van der Waals surface area contributed by atoms with Crippen molar-refractivity contribution in [3.63, 3.8) is 0 Å². The zero-order valence-electron chi connectivity index (χ0n) is 15.4. The molecular formula is C19H23N3O4S. The van der Waals surface area contributed by atoms with Gasteiger partial charge in [0.1, 0.15) is 10.6 Å². The van der Waals surface area contributed by atoms with Crippen molar-refractivity contribution in [2.75, 3.05) is 32.1 Å². The van der Waals surface area contributed by atoms with Crippen LogP contribution in [0.1, 0.15) is 23.2 Å². The number of carbonyl (C=O) groups is 1. The maximum absolute atomic E-state index is 12.5. The fourth-order valence-electron chi connectivity index (χ4n) is 3.08. The molecule has 2 N–H and O–H groups in total. The molecule has 0 atom stereocenters. The molecule has 0 spiro atoms. The molecule has 1 amide bonds. The summed E-state index contributed by atoms with van der Waals surface area (Å²) in [4.78, 5) is 15.7. The van der Waals surface area contributed by atoms with Gasteiger partial charge in [-0.25, -0.2) is 13.6 Å². The molecule has 1 saturated heterocycles. The van der Waals surface area contributed by atoms with Crippen LogP contribution in [0.5, 0.6) is 11.5 Å². The molecule has 1 heterocycles. The van der Waals surface area contributed by atoms with Crippen LogP contribution >= 0.6 is 0 Å². The van der Waals surface area contributed by atoms with Crippen LogP contribution in [-0.4, -0.2) is 46.4 Å². The molecule has 1 fully saturated rings. The van der Waals surface area contributed by atoms with Crippen LogP contribution in [0.3, 0.4) is 0 Å². The van der Waals surface area contributed by atoms with Gasteiger partial charge in [0, 0.05) is 32.7 Å². The van der Waals surface area contributed by atoms with Crippen LogP contribution in [0, 0.1) is 0 Å². The molecule has 1 aliphatic heterocycles. The summed E-state index contributed by atoms with van der Waals surface area (Å²) in [5.41, 5.74) is 0.819. The molecule has 8 heteroatoms. The van der Waals surface area contributed by atoms with E-state index in [0.717, 1.165) is 25.9 Å². The number of carbonyl (C=O) groups excluding carboxylic acids is 1. The Hall–Kier alpha value is -2.58. The Morgan fingerprint density at radius 1 is 1.11 bits per heavy atom. The van der Waals surface area contributed by atoms with Gasteiger partial charge >= 0.3 is 0 Å². The van der Waals surface area contributed by atoms with Gasteiger partial charge in [0.25, 0.3) is 5.91 Å². The normalized spacial score (nSPS) is 14.3. The second-order valence-electron chi connectivity index (χ2n) is 6.68. The first-order valence-corrected chi connectivity index (χ1v) is 10.2. The highest BCUT2D eigenvalue weighted by Gasteiger charge is 2.27. The minimum atomic E-state index is -4.11. The minimum Gasteiger partial charge on any atom is -0.454 e. The van der Waals surface area contributed by atoms with Gasteiger partial charge in [-0.1, -0.05) is 18.2 Å². The summed E-state index contributed by atoms with van der Waals surface area (Å²) in [6.45, 7) is 1.52. The molecule has 1 aliphatic rings. The molecule has 0 aromatic heterocycles. The highest BCUT2D eigenvalue weighted by atomic mass is 32.2. The molecule has 27 heavy (non-hydrogen) atoms. The van der Waals surface area contributed by atoms with Crippen molar-refractivity contribution in [2.24, 2.45) is 5.14 Å². The summed E-state index contributed by atoms with van der Waals surface area (Å²) in [5.74, 6) is 0.349. The van der Waals surface area contributed by atoms with Gasteiger partial charge in [-0.2, -0.15) is 0 Å². The molecule has 3 rings (SSSR count). The third-order valence-corrected chi connectivity index (χ3v) is 5.32. The number of benzene rings is 2. The minimum absolute atomic E-state index is 0.154. The van der Waals surface area contributed by atoms with Crippen LogP contribution in [0.4, 0.5) is 5.69 Å². The second kappa shape index (κ2) is 7.58. The van der Waals surface area contributed by atoms with Gasteiger partial charge in [0.05, 0.1) is 5.69 Å². The van der Waals surface area contributed by atoms with E-state index >= 15 is 0 Å². The molecule has 144 valence electrons. The largest absolute Gasteiger partial charge is 0.454 e. The summed E-state index contributed by atoms with van der Waals surface area (Å²) in [5, 5.41) is 5.47. The molecule has 2 aromatic carbocycles. The Balaban J connectivity index is 2.22. The van der Waals surface area contributed by atoms with Crippen molar-refractivity contribution in [2.45, 2.75) is 17.7 Å². The lowest BCUT2D eigenvalue weighted by Crippen LogP contribution is -2.25. The Bertz CT molecular complexity index is 937. The van der Waals surface area contributed by atoms with Gasteiger partial charge < -0.3 is 14.5 Å². The van der Waals surface area contributed by atoms with Crippen LogP contribution in [0.2, 0.25) is 0 Å². The number of rotatable bonds is 5. The average molecular weight is 389 g/mol. The van der Waals surface area contributed by atoms with Crippen LogP contribution in [0.15, 0.2) is 47.4 Å². The monoisotopic (exact) mass is 389 g/mol. The third-order valence-electron chi connectivity index (χ3n) is 4.40. The summed E-state index contributed by atoms with van der Waals surface area (Å²) in [7, 11) is -0.882. The van der Waals surface area contributed by atoms with E-state index < -0.39 is 10.0 Å². The van der Waals surface area contributed by atoms with E-state index in [1.165, 1.54) is 11.0 Å². The number of nitrogens with two attached hydrogens (primary N) is 1. The van der Waals surface area contributed by atoms with E-state index in [1.54, 1.807) is 44.4 Å². The van der Waals surface area contributed by atoms with Crippen LogP contribution < -0.4 is 14.8 Å². The van der Waals surface area contributed by atoms with Crippen molar-refractivity contribution in [3.8, 4) is 11.5 Å². The Morgan fingerprint density at radius 2 is 1.74 bits per heavy atom. The molecule has 0 radical (unpaired) electrons. The Labute approximate surface area is 159 Å².